The molecule has 1 rings (SSSR count). The standard InChI is InChI=1S/C18H29NO4/c1-6-7-8-9-13(2)19-17(20)12-14-10-15(21-3)18(23-5)16(11-14)22-4/h10-11,13H,6-9,12H2,1-5H3,(H,19,20)/t13-/m0/s1. The highest BCUT2D eigenvalue weighted by atomic mass is 16.5. The minimum absolute atomic E-state index is 0.00303. The Hall–Kier alpha value is -1.91. The Morgan fingerprint density at radius 1 is 1.09 bits per heavy atom. The largest absolute Gasteiger partial charge is 0.493 e. The Balaban J connectivity index is 2.70. The number of benzene rings is 1. The topological polar surface area (TPSA) is 56.8 Å². The lowest BCUT2D eigenvalue weighted by Crippen LogP contribution is -2.33. The second kappa shape index (κ2) is 9.98. The summed E-state index contributed by atoms with van der Waals surface area (Å²) in [5, 5.41) is 3.04. The van der Waals surface area contributed by atoms with Crippen LogP contribution < -0.4 is 19.5 Å². The number of nitrogens with one attached hydrogen (secondary N) is 1. The molecule has 1 atom stereocenters. The van der Waals surface area contributed by atoms with Crippen molar-refractivity contribution in [2.75, 3.05) is 21.3 Å². The number of rotatable bonds is 10. The minimum atomic E-state index is 0.00303. The predicted octanol–water partition coefficient (Wildman–Crippen LogP) is 3.34. The van der Waals surface area contributed by atoms with Gasteiger partial charge in [-0.1, -0.05) is 26.2 Å². The first kappa shape index (κ1) is 19.1. The summed E-state index contributed by atoms with van der Waals surface area (Å²) >= 11 is 0. The van der Waals surface area contributed by atoms with Gasteiger partial charge in [0.25, 0.3) is 0 Å². The van der Waals surface area contributed by atoms with Crippen molar-refractivity contribution in [3.63, 3.8) is 0 Å². The maximum atomic E-state index is 12.2. The number of methoxy groups -OCH3 is 3. The molecule has 1 amide bonds. The lowest BCUT2D eigenvalue weighted by Gasteiger charge is -2.16. The normalized spacial score (nSPS) is 11.7. The van der Waals surface area contributed by atoms with Crippen molar-refractivity contribution in [1.82, 2.24) is 5.32 Å². The number of hydrogen-bond donors (Lipinski definition) is 1. The molecule has 1 aromatic rings. The highest BCUT2D eigenvalue weighted by Gasteiger charge is 2.15. The molecule has 0 spiro atoms. The van der Waals surface area contributed by atoms with Crippen molar-refractivity contribution in [2.45, 2.75) is 52.0 Å². The average Bonchev–Trinajstić information content (AvgIpc) is 2.53. The fourth-order valence-corrected chi connectivity index (χ4v) is 2.52. The fourth-order valence-electron chi connectivity index (χ4n) is 2.52. The van der Waals surface area contributed by atoms with Gasteiger partial charge in [-0.25, -0.2) is 0 Å². The monoisotopic (exact) mass is 323 g/mol. The summed E-state index contributed by atoms with van der Waals surface area (Å²) in [6.07, 6.45) is 4.82. The van der Waals surface area contributed by atoms with Gasteiger partial charge in [-0.2, -0.15) is 0 Å². The molecule has 0 unspecified atom stereocenters. The molecule has 0 aliphatic carbocycles. The summed E-state index contributed by atoms with van der Waals surface area (Å²) in [7, 11) is 4.69. The molecule has 0 aliphatic rings. The van der Waals surface area contributed by atoms with Crippen LogP contribution in [0.2, 0.25) is 0 Å². The average molecular weight is 323 g/mol. The van der Waals surface area contributed by atoms with Crippen LogP contribution in [-0.2, 0) is 11.2 Å². The van der Waals surface area contributed by atoms with Gasteiger partial charge in [0.15, 0.2) is 11.5 Å². The summed E-state index contributed by atoms with van der Waals surface area (Å²) in [5.41, 5.74) is 0.831. The van der Waals surface area contributed by atoms with Crippen molar-refractivity contribution < 1.29 is 19.0 Å². The highest BCUT2D eigenvalue weighted by molar-refractivity contribution is 5.79. The Morgan fingerprint density at radius 3 is 2.17 bits per heavy atom. The van der Waals surface area contributed by atoms with Gasteiger partial charge in [-0.15, -0.1) is 0 Å². The second-order valence-corrected chi connectivity index (χ2v) is 5.67. The van der Waals surface area contributed by atoms with Crippen molar-refractivity contribution >= 4 is 5.91 Å². The van der Waals surface area contributed by atoms with Crippen LogP contribution >= 0.6 is 0 Å². The van der Waals surface area contributed by atoms with Crippen LogP contribution in [-0.4, -0.2) is 33.3 Å². The van der Waals surface area contributed by atoms with Crippen LogP contribution in [0.25, 0.3) is 0 Å². The Labute approximate surface area is 139 Å². The molecule has 5 heteroatoms. The molecule has 0 saturated heterocycles. The molecule has 0 aliphatic heterocycles. The van der Waals surface area contributed by atoms with E-state index in [2.05, 4.69) is 12.2 Å². The van der Waals surface area contributed by atoms with Crippen molar-refractivity contribution in [1.29, 1.82) is 0 Å². The van der Waals surface area contributed by atoms with Crippen molar-refractivity contribution in [3.8, 4) is 17.2 Å². The van der Waals surface area contributed by atoms with E-state index < -0.39 is 0 Å². The molecule has 5 nitrogen and oxygen atoms in total. The van der Waals surface area contributed by atoms with E-state index in [1.165, 1.54) is 12.8 Å². The third-order valence-corrected chi connectivity index (χ3v) is 3.74. The van der Waals surface area contributed by atoms with Crippen LogP contribution in [0.4, 0.5) is 0 Å². The summed E-state index contributed by atoms with van der Waals surface area (Å²) < 4.78 is 15.9. The SMILES string of the molecule is CCCCC[C@H](C)NC(=O)Cc1cc(OC)c(OC)c(OC)c1. The van der Waals surface area contributed by atoms with Crippen LogP contribution in [0.3, 0.4) is 0 Å². The van der Waals surface area contributed by atoms with Gasteiger partial charge in [-0.3, -0.25) is 4.79 Å². The zero-order chi connectivity index (χ0) is 17.2. The second-order valence-electron chi connectivity index (χ2n) is 5.67. The molecule has 0 radical (unpaired) electrons. The number of hydrogen-bond acceptors (Lipinski definition) is 4. The van der Waals surface area contributed by atoms with E-state index in [-0.39, 0.29) is 18.4 Å². The summed E-state index contributed by atoms with van der Waals surface area (Å²) in [4.78, 5) is 12.2. The van der Waals surface area contributed by atoms with E-state index in [1.807, 2.05) is 19.1 Å². The predicted molar refractivity (Wildman–Crippen MR) is 91.5 cm³/mol. The van der Waals surface area contributed by atoms with Gasteiger partial charge in [0, 0.05) is 6.04 Å². The van der Waals surface area contributed by atoms with Crippen molar-refractivity contribution in [2.24, 2.45) is 0 Å². The van der Waals surface area contributed by atoms with E-state index in [4.69, 9.17) is 14.2 Å². The summed E-state index contributed by atoms with van der Waals surface area (Å²) in [6.45, 7) is 4.22. The number of unbranched alkanes of at least 4 members (excludes halogenated alkanes) is 2. The Kier molecular flexibility index (Phi) is 8.30. The first-order chi connectivity index (χ1) is 11.0. The molecule has 1 N–H and O–H groups in total. The summed E-state index contributed by atoms with van der Waals surface area (Å²) in [5.74, 6) is 1.66. The van der Waals surface area contributed by atoms with Gasteiger partial charge >= 0.3 is 0 Å². The molecule has 0 saturated carbocycles. The molecule has 0 heterocycles. The molecule has 0 aromatic heterocycles. The quantitative estimate of drug-likeness (QED) is 0.671. The molecule has 0 fully saturated rings. The maximum Gasteiger partial charge on any atom is 0.224 e. The molecular weight excluding hydrogens is 294 g/mol. The highest BCUT2D eigenvalue weighted by Crippen LogP contribution is 2.38. The molecule has 130 valence electrons. The molecular formula is C18H29NO4. The van der Waals surface area contributed by atoms with Crippen molar-refractivity contribution in [3.05, 3.63) is 17.7 Å². The van der Waals surface area contributed by atoms with Crippen LogP contribution in [0, 0.1) is 0 Å². The van der Waals surface area contributed by atoms with Gasteiger partial charge < -0.3 is 19.5 Å². The Bertz CT molecular complexity index is 477. The number of carbonyl (C=O) groups excluding carboxylic acids is 1. The molecule has 1 aromatic carbocycles. The van der Waals surface area contributed by atoms with Gasteiger partial charge in [0.2, 0.25) is 11.7 Å². The maximum absolute atomic E-state index is 12.2. The fraction of sp³-hybridized carbons (Fsp3) is 0.611. The van der Waals surface area contributed by atoms with Crippen LogP contribution in [0.15, 0.2) is 12.1 Å². The Morgan fingerprint density at radius 2 is 1.70 bits per heavy atom. The van der Waals surface area contributed by atoms with E-state index in [9.17, 15) is 4.79 Å². The zero-order valence-corrected chi connectivity index (χ0v) is 14.9. The van der Waals surface area contributed by atoms with Gasteiger partial charge in [0.05, 0.1) is 27.8 Å². The third kappa shape index (κ3) is 6.00. The number of ether oxygens (including phenoxy) is 3. The third-order valence-electron chi connectivity index (χ3n) is 3.74. The van der Waals surface area contributed by atoms with Gasteiger partial charge in [-0.05, 0) is 31.0 Å². The van der Waals surface area contributed by atoms with E-state index >= 15 is 0 Å². The summed E-state index contributed by atoms with van der Waals surface area (Å²) in [6, 6.07) is 3.81. The number of carbonyl (C=O) groups is 1. The lowest BCUT2D eigenvalue weighted by atomic mass is 10.1. The first-order valence-corrected chi connectivity index (χ1v) is 8.13. The number of amides is 1. The zero-order valence-electron chi connectivity index (χ0n) is 14.9. The van der Waals surface area contributed by atoms with Gasteiger partial charge in [0.1, 0.15) is 0 Å². The van der Waals surface area contributed by atoms with Crippen LogP contribution in [0.1, 0.15) is 45.1 Å². The lowest BCUT2D eigenvalue weighted by molar-refractivity contribution is -0.121. The van der Waals surface area contributed by atoms with E-state index in [0.29, 0.717) is 17.2 Å². The van der Waals surface area contributed by atoms with E-state index in [1.54, 1.807) is 21.3 Å². The molecule has 0 bridgehead atoms. The molecule has 23 heavy (non-hydrogen) atoms. The minimum Gasteiger partial charge on any atom is -0.493 e. The smallest absolute Gasteiger partial charge is 0.224 e. The van der Waals surface area contributed by atoms with Crippen LogP contribution in [0.5, 0.6) is 17.2 Å². The van der Waals surface area contributed by atoms with E-state index in [0.717, 1.165) is 18.4 Å². The first-order valence-electron chi connectivity index (χ1n) is 8.13.